The predicted molar refractivity (Wildman–Crippen MR) is 103 cm³/mol. The van der Waals surface area contributed by atoms with Gasteiger partial charge in [0.2, 0.25) is 0 Å². The molecular weight excluding hydrogens is 392 g/mol. The quantitative estimate of drug-likeness (QED) is 0.751. The maximum atomic E-state index is 11.9. The van der Waals surface area contributed by atoms with Gasteiger partial charge in [0.1, 0.15) is 5.76 Å². The third-order valence-corrected chi connectivity index (χ3v) is 6.65. The van der Waals surface area contributed by atoms with Crippen molar-refractivity contribution in [1.29, 1.82) is 0 Å². The van der Waals surface area contributed by atoms with Crippen molar-refractivity contribution in [2.45, 2.75) is 55.6 Å². The Kier molecular flexibility index (Phi) is 6.54. The summed E-state index contributed by atoms with van der Waals surface area (Å²) in [5.41, 5.74) is -0.161. The van der Waals surface area contributed by atoms with Crippen LogP contribution in [0.15, 0.2) is 39.8 Å². The van der Waals surface area contributed by atoms with Gasteiger partial charge in [0.15, 0.2) is 15.7 Å². The molecule has 148 valence electrons. The van der Waals surface area contributed by atoms with E-state index in [4.69, 9.17) is 21.2 Å². The van der Waals surface area contributed by atoms with Crippen LogP contribution in [0.5, 0.6) is 0 Å². The first kappa shape index (κ1) is 21.2. The van der Waals surface area contributed by atoms with Gasteiger partial charge in [-0.25, -0.2) is 13.2 Å². The number of rotatable bonds is 3. The second-order valence-corrected chi connectivity index (χ2v) is 9.97. The van der Waals surface area contributed by atoms with Crippen LogP contribution in [0, 0.1) is 0 Å². The van der Waals surface area contributed by atoms with E-state index in [1.165, 1.54) is 0 Å². The van der Waals surface area contributed by atoms with Crippen LogP contribution in [-0.4, -0.2) is 30.0 Å². The van der Waals surface area contributed by atoms with Crippen molar-refractivity contribution in [2.75, 3.05) is 5.32 Å². The Balaban J connectivity index is 0.000000194. The molecule has 2 aromatic rings. The smallest absolute Gasteiger partial charge is 0.410 e. The van der Waals surface area contributed by atoms with Crippen molar-refractivity contribution >= 4 is 33.3 Å². The van der Waals surface area contributed by atoms with Crippen LogP contribution in [0.3, 0.4) is 0 Å². The Morgan fingerprint density at radius 2 is 1.85 bits per heavy atom. The van der Waals surface area contributed by atoms with E-state index >= 15 is 0 Å². The molecule has 1 aromatic carbocycles. The molecule has 0 saturated heterocycles. The number of hydrogen-bond donors (Lipinski definition) is 2. The van der Waals surface area contributed by atoms with Crippen molar-refractivity contribution in [3.05, 3.63) is 41.1 Å². The Hall–Kier alpha value is -2.06. The lowest BCUT2D eigenvalue weighted by Gasteiger charge is -2.25. The standard InChI is InChI=1S/C10H11ClO2S.C8H12N2O3/c11-8-4-6-10(7-5-8)14(12,13)9-2-1-3-9;1-8(2,3)5-4-6(10-13-5)9-7(11)12/h4-7,9H,1-3H2;4H,1-3H3,(H,9,10)(H,11,12). The number of nitrogens with zero attached hydrogens (tertiary/aromatic N) is 1. The SMILES string of the molecule is CC(C)(C)c1cc(NC(=O)O)no1.O=S(=O)(c1ccc(Cl)cc1)C1CCC1. The van der Waals surface area contributed by atoms with Gasteiger partial charge in [0.05, 0.1) is 10.1 Å². The Bertz CT molecular complexity index is 881. The van der Waals surface area contributed by atoms with Gasteiger partial charge < -0.3 is 9.63 Å². The average Bonchev–Trinajstić information content (AvgIpc) is 2.94. The van der Waals surface area contributed by atoms with E-state index in [1.54, 1.807) is 30.3 Å². The molecule has 0 aliphatic heterocycles. The fourth-order valence-electron chi connectivity index (χ4n) is 2.29. The number of sulfone groups is 1. The molecule has 0 radical (unpaired) electrons. The Morgan fingerprint density at radius 3 is 2.26 bits per heavy atom. The third kappa shape index (κ3) is 5.71. The molecule has 27 heavy (non-hydrogen) atoms. The van der Waals surface area contributed by atoms with Crippen molar-refractivity contribution in [3.63, 3.8) is 0 Å². The number of aromatic nitrogens is 1. The minimum Gasteiger partial charge on any atom is -0.465 e. The van der Waals surface area contributed by atoms with Gasteiger partial charge in [-0.1, -0.05) is 43.9 Å². The summed E-state index contributed by atoms with van der Waals surface area (Å²) in [4.78, 5) is 10.6. The number of carboxylic acid groups (broad SMARTS) is 1. The third-order valence-electron chi connectivity index (χ3n) is 4.12. The first-order valence-electron chi connectivity index (χ1n) is 8.47. The molecule has 0 unspecified atom stereocenters. The van der Waals surface area contributed by atoms with E-state index in [0.717, 1.165) is 19.3 Å². The predicted octanol–water partition coefficient (Wildman–Crippen LogP) is 4.73. The summed E-state index contributed by atoms with van der Waals surface area (Å²) < 4.78 is 28.7. The van der Waals surface area contributed by atoms with Gasteiger partial charge >= 0.3 is 6.09 Å². The van der Waals surface area contributed by atoms with Crippen LogP contribution in [0.1, 0.15) is 45.8 Å². The number of benzene rings is 1. The van der Waals surface area contributed by atoms with Gasteiger partial charge in [-0.2, -0.15) is 0 Å². The topological polar surface area (TPSA) is 110 Å². The number of halogens is 1. The molecule has 3 rings (SSSR count). The summed E-state index contributed by atoms with van der Waals surface area (Å²) in [5, 5.41) is 14.5. The fraction of sp³-hybridized carbons (Fsp3) is 0.444. The second-order valence-electron chi connectivity index (χ2n) is 7.31. The van der Waals surface area contributed by atoms with E-state index in [2.05, 4.69) is 10.5 Å². The van der Waals surface area contributed by atoms with Gasteiger partial charge in [-0.15, -0.1) is 0 Å². The summed E-state index contributed by atoms with van der Waals surface area (Å²) in [6.07, 6.45) is 1.47. The Labute approximate surface area is 163 Å². The summed E-state index contributed by atoms with van der Waals surface area (Å²) in [6.45, 7) is 5.87. The highest BCUT2D eigenvalue weighted by atomic mass is 35.5. The van der Waals surface area contributed by atoms with E-state index < -0.39 is 15.9 Å². The van der Waals surface area contributed by atoms with Crippen LogP contribution in [0.25, 0.3) is 0 Å². The van der Waals surface area contributed by atoms with Crippen molar-refractivity contribution in [3.8, 4) is 0 Å². The number of carbonyl (C=O) groups is 1. The number of nitrogens with one attached hydrogen (secondary N) is 1. The monoisotopic (exact) mass is 414 g/mol. The molecular formula is C18H23ClN2O5S. The number of hydrogen-bond acceptors (Lipinski definition) is 5. The second kappa shape index (κ2) is 8.31. The number of amides is 1. The van der Waals surface area contributed by atoms with E-state index in [-0.39, 0.29) is 16.5 Å². The normalized spacial score (nSPS) is 14.7. The van der Waals surface area contributed by atoms with Crippen molar-refractivity contribution < 1.29 is 22.8 Å². The molecule has 1 aliphatic rings. The minimum absolute atomic E-state index is 0.161. The maximum Gasteiger partial charge on any atom is 0.410 e. The largest absolute Gasteiger partial charge is 0.465 e. The highest BCUT2D eigenvalue weighted by molar-refractivity contribution is 7.92. The van der Waals surface area contributed by atoms with Gasteiger partial charge in [0, 0.05) is 16.5 Å². The zero-order valence-corrected chi connectivity index (χ0v) is 17.0. The lowest BCUT2D eigenvalue weighted by molar-refractivity contribution is 0.209. The van der Waals surface area contributed by atoms with E-state index in [9.17, 15) is 13.2 Å². The fourth-order valence-corrected chi connectivity index (χ4v) is 4.28. The maximum absolute atomic E-state index is 11.9. The zero-order valence-electron chi connectivity index (χ0n) is 15.4. The van der Waals surface area contributed by atoms with Gasteiger partial charge in [-0.3, -0.25) is 5.32 Å². The summed E-state index contributed by atoms with van der Waals surface area (Å²) in [5.74, 6) is 0.869. The minimum atomic E-state index is -3.08. The highest BCUT2D eigenvalue weighted by Crippen LogP contribution is 2.31. The van der Waals surface area contributed by atoms with Crippen molar-refractivity contribution in [1.82, 2.24) is 5.16 Å². The molecule has 1 fully saturated rings. The van der Waals surface area contributed by atoms with Gasteiger partial charge in [-0.05, 0) is 37.1 Å². The molecule has 0 bridgehead atoms. The van der Waals surface area contributed by atoms with E-state index in [0.29, 0.717) is 15.7 Å². The Morgan fingerprint density at radius 1 is 1.26 bits per heavy atom. The van der Waals surface area contributed by atoms with Crippen molar-refractivity contribution in [2.24, 2.45) is 0 Å². The molecule has 9 heteroatoms. The lowest BCUT2D eigenvalue weighted by atomic mass is 9.93. The van der Waals surface area contributed by atoms with Crippen LogP contribution in [-0.2, 0) is 15.3 Å². The molecule has 0 atom stereocenters. The van der Waals surface area contributed by atoms with Crippen LogP contribution < -0.4 is 5.32 Å². The molecule has 2 N–H and O–H groups in total. The summed E-state index contributed by atoms with van der Waals surface area (Å²) in [6, 6.07) is 7.97. The van der Waals surface area contributed by atoms with Crippen LogP contribution in [0.2, 0.25) is 5.02 Å². The van der Waals surface area contributed by atoms with E-state index in [1.807, 2.05) is 20.8 Å². The molecule has 1 saturated carbocycles. The zero-order chi connectivity index (χ0) is 20.2. The van der Waals surface area contributed by atoms with Crippen LogP contribution in [0.4, 0.5) is 10.6 Å². The lowest BCUT2D eigenvalue weighted by Crippen LogP contribution is -2.28. The molecule has 1 aliphatic carbocycles. The summed E-state index contributed by atoms with van der Waals surface area (Å²) in [7, 11) is -3.08. The first-order chi connectivity index (χ1) is 12.5. The first-order valence-corrected chi connectivity index (χ1v) is 10.4. The summed E-state index contributed by atoms with van der Waals surface area (Å²) >= 11 is 5.69. The molecule has 1 heterocycles. The number of anilines is 1. The van der Waals surface area contributed by atoms with Crippen LogP contribution >= 0.6 is 11.6 Å². The molecule has 1 amide bonds. The molecule has 1 aromatic heterocycles. The molecule has 7 nitrogen and oxygen atoms in total. The average molecular weight is 415 g/mol. The highest BCUT2D eigenvalue weighted by Gasteiger charge is 2.32. The molecule has 0 spiro atoms. The van der Waals surface area contributed by atoms with Gasteiger partial charge in [0.25, 0.3) is 0 Å².